The second-order valence-electron chi connectivity index (χ2n) is 5.39. The second kappa shape index (κ2) is 9.23. The van der Waals surface area contributed by atoms with Crippen molar-refractivity contribution in [3.8, 4) is 5.75 Å². The van der Waals surface area contributed by atoms with Crippen LogP contribution in [0.1, 0.15) is 25.8 Å². The summed E-state index contributed by atoms with van der Waals surface area (Å²) in [6.45, 7) is 4.87. The lowest BCUT2D eigenvalue weighted by atomic mass is 10.1. The van der Waals surface area contributed by atoms with Crippen LogP contribution in [0.2, 0.25) is 0 Å². The van der Waals surface area contributed by atoms with Gasteiger partial charge in [-0.2, -0.15) is 0 Å². The number of aliphatic hydroxyl groups is 1. The number of benzene rings is 1. The summed E-state index contributed by atoms with van der Waals surface area (Å²) in [5.74, 6) is 1.09. The molecular formula is C16H26N2O3. The molecule has 1 aromatic carbocycles. The molecule has 0 saturated carbocycles. The van der Waals surface area contributed by atoms with Crippen LogP contribution in [-0.4, -0.2) is 37.4 Å². The van der Waals surface area contributed by atoms with Crippen LogP contribution in [0.4, 0.5) is 4.79 Å². The van der Waals surface area contributed by atoms with Crippen molar-refractivity contribution in [3.63, 3.8) is 0 Å². The Morgan fingerprint density at radius 1 is 1.29 bits per heavy atom. The summed E-state index contributed by atoms with van der Waals surface area (Å²) in [6.07, 6.45) is 1.07. The number of carbonyl (C=O) groups is 1. The Kier molecular flexibility index (Phi) is 7.61. The summed E-state index contributed by atoms with van der Waals surface area (Å²) >= 11 is 0. The number of urea groups is 1. The molecular weight excluding hydrogens is 268 g/mol. The summed E-state index contributed by atoms with van der Waals surface area (Å²) < 4.78 is 5.27. The Bertz CT molecular complexity index is 435. The van der Waals surface area contributed by atoms with Gasteiger partial charge in [0.25, 0.3) is 0 Å². The first kappa shape index (κ1) is 17.3. The van der Waals surface area contributed by atoms with Gasteiger partial charge in [0.1, 0.15) is 5.75 Å². The van der Waals surface area contributed by atoms with E-state index in [0.29, 0.717) is 19.5 Å². The van der Waals surface area contributed by atoms with Gasteiger partial charge in [-0.1, -0.05) is 25.1 Å². The fourth-order valence-corrected chi connectivity index (χ4v) is 2.22. The molecule has 1 aromatic rings. The average Bonchev–Trinajstić information content (AvgIpc) is 2.45. The number of rotatable bonds is 8. The van der Waals surface area contributed by atoms with E-state index in [1.807, 2.05) is 31.2 Å². The zero-order valence-corrected chi connectivity index (χ0v) is 13.1. The minimum absolute atomic E-state index is 0.178. The van der Waals surface area contributed by atoms with E-state index >= 15 is 0 Å². The van der Waals surface area contributed by atoms with Crippen molar-refractivity contribution in [2.24, 2.45) is 5.92 Å². The van der Waals surface area contributed by atoms with Crippen molar-refractivity contribution in [3.05, 3.63) is 29.8 Å². The number of aliphatic hydroxyl groups excluding tert-OH is 1. The van der Waals surface area contributed by atoms with Gasteiger partial charge in [0, 0.05) is 13.1 Å². The normalized spacial score (nSPS) is 13.3. The molecule has 1 rings (SSSR count). The van der Waals surface area contributed by atoms with Crippen LogP contribution >= 0.6 is 0 Å². The molecule has 0 aliphatic heterocycles. The highest BCUT2D eigenvalue weighted by atomic mass is 16.5. The summed E-state index contributed by atoms with van der Waals surface area (Å²) in [5, 5.41) is 14.9. The molecule has 0 spiro atoms. The number of carbonyl (C=O) groups excluding carboxylic acids is 1. The lowest BCUT2D eigenvalue weighted by Gasteiger charge is -2.15. The van der Waals surface area contributed by atoms with E-state index in [2.05, 4.69) is 10.6 Å². The molecule has 0 saturated heterocycles. The number of hydrogen-bond donors (Lipinski definition) is 3. The lowest BCUT2D eigenvalue weighted by Crippen LogP contribution is -2.39. The predicted molar refractivity (Wildman–Crippen MR) is 83.6 cm³/mol. The number of hydrogen-bond acceptors (Lipinski definition) is 3. The van der Waals surface area contributed by atoms with Gasteiger partial charge in [-0.25, -0.2) is 4.79 Å². The first-order chi connectivity index (χ1) is 10.0. The summed E-state index contributed by atoms with van der Waals surface area (Å²) in [4.78, 5) is 11.7. The van der Waals surface area contributed by atoms with E-state index in [1.165, 1.54) is 0 Å². The summed E-state index contributed by atoms with van der Waals surface area (Å²) in [5.41, 5.74) is 1.07. The molecule has 0 heterocycles. The third-order valence-electron chi connectivity index (χ3n) is 3.23. The number of amides is 2. The molecule has 2 unspecified atom stereocenters. The predicted octanol–water partition coefficient (Wildman–Crippen LogP) is 1.94. The van der Waals surface area contributed by atoms with Crippen LogP contribution in [0.25, 0.3) is 0 Å². The maximum absolute atomic E-state index is 11.7. The Hall–Kier alpha value is -1.75. The molecule has 2 amide bonds. The minimum Gasteiger partial charge on any atom is -0.496 e. The molecule has 0 fully saturated rings. The van der Waals surface area contributed by atoms with E-state index in [9.17, 15) is 9.90 Å². The maximum atomic E-state index is 11.7. The Labute approximate surface area is 126 Å². The van der Waals surface area contributed by atoms with Crippen LogP contribution in [0.5, 0.6) is 5.75 Å². The molecule has 0 aliphatic carbocycles. The molecule has 118 valence electrons. The highest BCUT2D eigenvalue weighted by molar-refractivity contribution is 5.73. The highest BCUT2D eigenvalue weighted by Crippen LogP contribution is 2.17. The van der Waals surface area contributed by atoms with Gasteiger partial charge in [0.05, 0.1) is 13.2 Å². The summed E-state index contributed by atoms with van der Waals surface area (Å²) in [7, 11) is 1.64. The standard InChI is InChI=1S/C16H26N2O3/c1-12(10-13(2)19)11-18-16(20)17-9-8-14-6-4-5-7-15(14)21-3/h4-7,12-13,19H,8-11H2,1-3H3,(H2,17,18,20). The van der Waals surface area contributed by atoms with Crippen LogP contribution in [-0.2, 0) is 6.42 Å². The molecule has 3 N–H and O–H groups in total. The molecule has 5 heteroatoms. The summed E-state index contributed by atoms with van der Waals surface area (Å²) in [6, 6.07) is 7.60. The van der Waals surface area contributed by atoms with Gasteiger partial charge >= 0.3 is 6.03 Å². The van der Waals surface area contributed by atoms with Gasteiger partial charge in [-0.05, 0) is 37.3 Å². The third kappa shape index (κ3) is 6.99. The van der Waals surface area contributed by atoms with Gasteiger partial charge in [0.15, 0.2) is 0 Å². The monoisotopic (exact) mass is 294 g/mol. The Morgan fingerprint density at radius 2 is 2.00 bits per heavy atom. The minimum atomic E-state index is -0.338. The zero-order chi connectivity index (χ0) is 15.7. The highest BCUT2D eigenvalue weighted by Gasteiger charge is 2.08. The number of nitrogens with one attached hydrogen (secondary N) is 2. The number of para-hydroxylation sites is 1. The zero-order valence-electron chi connectivity index (χ0n) is 13.1. The Morgan fingerprint density at radius 3 is 2.67 bits per heavy atom. The molecule has 0 aliphatic rings. The van der Waals surface area contributed by atoms with Crippen LogP contribution in [0.15, 0.2) is 24.3 Å². The van der Waals surface area contributed by atoms with E-state index in [1.54, 1.807) is 14.0 Å². The average molecular weight is 294 g/mol. The van der Waals surface area contributed by atoms with E-state index in [4.69, 9.17) is 4.74 Å². The molecule has 0 radical (unpaired) electrons. The van der Waals surface area contributed by atoms with Crippen molar-refractivity contribution in [1.82, 2.24) is 10.6 Å². The lowest BCUT2D eigenvalue weighted by molar-refractivity contribution is 0.163. The van der Waals surface area contributed by atoms with Crippen molar-refractivity contribution in [2.45, 2.75) is 32.8 Å². The maximum Gasteiger partial charge on any atom is 0.314 e. The molecule has 2 atom stereocenters. The quantitative estimate of drug-likeness (QED) is 0.686. The smallest absolute Gasteiger partial charge is 0.314 e. The van der Waals surface area contributed by atoms with E-state index in [-0.39, 0.29) is 18.1 Å². The van der Waals surface area contributed by atoms with E-state index < -0.39 is 0 Å². The largest absolute Gasteiger partial charge is 0.496 e. The topological polar surface area (TPSA) is 70.6 Å². The number of ether oxygens (including phenoxy) is 1. The van der Waals surface area contributed by atoms with Crippen LogP contribution < -0.4 is 15.4 Å². The fourth-order valence-electron chi connectivity index (χ4n) is 2.22. The fraction of sp³-hybridized carbons (Fsp3) is 0.562. The first-order valence-electron chi connectivity index (χ1n) is 7.34. The molecule has 21 heavy (non-hydrogen) atoms. The van der Waals surface area contributed by atoms with E-state index in [0.717, 1.165) is 17.7 Å². The van der Waals surface area contributed by atoms with Gasteiger partial charge in [-0.3, -0.25) is 0 Å². The molecule has 5 nitrogen and oxygen atoms in total. The van der Waals surface area contributed by atoms with Crippen LogP contribution in [0.3, 0.4) is 0 Å². The third-order valence-corrected chi connectivity index (χ3v) is 3.23. The number of methoxy groups -OCH3 is 1. The van der Waals surface area contributed by atoms with Crippen LogP contribution in [0, 0.1) is 5.92 Å². The SMILES string of the molecule is COc1ccccc1CCNC(=O)NCC(C)CC(C)O. The van der Waals surface area contributed by atoms with Gasteiger partial charge < -0.3 is 20.5 Å². The molecule has 0 aromatic heterocycles. The first-order valence-corrected chi connectivity index (χ1v) is 7.34. The van der Waals surface area contributed by atoms with Crippen molar-refractivity contribution in [2.75, 3.05) is 20.2 Å². The van der Waals surface area contributed by atoms with Crippen molar-refractivity contribution < 1.29 is 14.6 Å². The van der Waals surface area contributed by atoms with Crippen molar-refractivity contribution >= 4 is 6.03 Å². The molecule has 0 bridgehead atoms. The second-order valence-corrected chi connectivity index (χ2v) is 5.39. The van der Waals surface area contributed by atoms with Gasteiger partial charge in [-0.15, -0.1) is 0 Å². The van der Waals surface area contributed by atoms with Crippen molar-refractivity contribution in [1.29, 1.82) is 0 Å². The van der Waals surface area contributed by atoms with Gasteiger partial charge in [0.2, 0.25) is 0 Å². The Balaban J connectivity index is 2.24.